The van der Waals surface area contributed by atoms with Crippen molar-refractivity contribution in [2.75, 3.05) is 13.7 Å². The number of nitrogens with zero attached hydrogens (tertiary/aromatic N) is 1. The number of carbonyl (C=O) groups is 1. The number of ether oxygens (including phenoxy) is 2. The number of nitrogens with one attached hydrogen (secondary N) is 1. The number of pyridine rings is 1. The molecule has 2 aromatic rings. The number of hydrogen-bond donors (Lipinski definition) is 1. The quantitative estimate of drug-likeness (QED) is 0.868. The van der Waals surface area contributed by atoms with Gasteiger partial charge in [-0.15, -0.1) is 0 Å². The topological polar surface area (TPSA) is 69.6 Å². The Hall–Kier alpha value is -2.47. The molecular formula is C17H19ClN2O4. The Morgan fingerprint density at radius 2 is 2.08 bits per heavy atom. The van der Waals surface area contributed by atoms with Crippen LogP contribution >= 0.6 is 11.6 Å². The molecule has 1 amide bonds. The Bertz CT molecular complexity index is 802. The third kappa shape index (κ3) is 4.08. The minimum absolute atomic E-state index is 0.242. The summed E-state index contributed by atoms with van der Waals surface area (Å²) in [7, 11) is 3.15. The number of methoxy groups -OCH3 is 1. The first kappa shape index (κ1) is 17.9. The number of aryl methyl sites for hydroxylation is 1. The van der Waals surface area contributed by atoms with Crippen molar-refractivity contribution in [2.24, 2.45) is 7.05 Å². The van der Waals surface area contributed by atoms with Gasteiger partial charge in [0, 0.05) is 31.4 Å². The molecule has 0 bridgehead atoms. The van der Waals surface area contributed by atoms with Crippen molar-refractivity contribution in [1.29, 1.82) is 0 Å². The number of amides is 1. The third-order valence-corrected chi connectivity index (χ3v) is 3.68. The van der Waals surface area contributed by atoms with Crippen LogP contribution in [0.2, 0.25) is 5.02 Å². The van der Waals surface area contributed by atoms with E-state index in [1.165, 1.54) is 17.7 Å². The Kier molecular flexibility index (Phi) is 5.87. The zero-order valence-corrected chi connectivity index (χ0v) is 14.5. The molecule has 24 heavy (non-hydrogen) atoms. The SMILES string of the molecule is CCOc1c(Cl)cc(CNC(=O)c2ccn(C)c(=O)c2)cc1OC. The molecule has 6 nitrogen and oxygen atoms in total. The highest BCUT2D eigenvalue weighted by molar-refractivity contribution is 6.32. The second-order valence-electron chi connectivity index (χ2n) is 5.09. The number of halogens is 1. The van der Waals surface area contributed by atoms with Gasteiger partial charge < -0.3 is 19.4 Å². The van der Waals surface area contributed by atoms with Gasteiger partial charge in [-0.1, -0.05) is 11.6 Å². The molecule has 128 valence electrons. The molecule has 1 heterocycles. The number of hydrogen-bond acceptors (Lipinski definition) is 4. The Balaban J connectivity index is 2.13. The summed E-state index contributed by atoms with van der Waals surface area (Å²) in [6.45, 7) is 2.57. The molecule has 0 atom stereocenters. The normalized spacial score (nSPS) is 10.3. The van der Waals surface area contributed by atoms with E-state index in [1.54, 1.807) is 31.4 Å². The zero-order chi connectivity index (χ0) is 17.7. The van der Waals surface area contributed by atoms with Crippen LogP contribution in [-0.2, 0) is 13.6 Å². The average Bonchev–Trinajstić information content (AvgIpc) is 2.57. The van der Waals surface area contributed by atoms with E-state index in [1.807, 2.05) is 6.92 Å². The van der Waals surface area contributed by atoms with Crippen LogP contribution in [0.15, 0.2) is 35.3 Å². The van der Waals surface area contributed by atoms with E-state index in [-0.39, 0.29) is 18.0 Å². The van der Waals surface area contributed by atoms with E-state index in [4.69, 9.17) is 21.1 Å². The Morgan fingerprint density at radius 1 is 1.33 bits per heavy atom. The first-order chi connectivity index (χ1) is 11.5. The van der Waals surface area contributed by atoms with E-state index in [0.717, 1.165) is 5.56 Å². The molecule has 1 N–H and O–H groups in total. The predicted octanol–water partition coefficient (Wildman–Crippen LogP) is 2.38. The molecule has 0 aliphatic rings. The van der Waals surface area contributed by atoms with Gasteiger partial charge >= 0.3 is 0 Å². The summed E-state index contributed by atoms with van der Waals surface area (Å²) in [6.07, 6.45) is 1.55. The number of carbonyl (C=O) groups excluding carboxylic acids is 1. The maximum atomic E-state index is 12.1. The van der Waals surface area contributed by atoms with Crippen molar-refractivity contribution in [3.8, 4) is 11.5 Å². The lowest BCUT2D eigenvalue weighted by atomic mass is 10.2. The lowest BCUT2D eigenvalue weighted by Crippen LogP contribution is -2.25. The van der Waals surface area contributed by atoms with Gasteiger partial charge in [-0.25, -0.2) is 0 Å². The molecular weight excluding hydrogens is 332 g/mol. The third-order valence-electron chi connectivity index (χ3n) is 3.40. The summed E-state index contributed by atoms with van der Waals surface area (Å²) in [6, 6.07) is 6.34. The predicted molar refractivity (Wildman–Crippen MR) is 92.0 cm³/mol. The van der Waals surface area contributed by atoms with Crippen molar-refractivity contribution >= 4 is 17.5 Å². The van der Waals surface area contributed by atoms with Gasteiger partial charge in [0.05, 0.1) is 18.7 Å². The molecule has 1 aromatic heterocycles. The van der Waals surface area contributed by atoms with Crippen molar-refractivity contribution in [1.82, 2.24) is 9.88 Å². The summed E-state index contributed by atoms with van der Waals surface area (Å²) < 4.78 is 12.1. The second-order valence-corrected chi connectivity index (χ2v) is 5.50. The summed E-state index contributed by atoms with van der Waals surface area (Å²) in [5, 5.41) is 3.16. The van der Waals surface area contributed by atoms with E-state index >= 15 is 0 Å². The standard InChI is InChI=1S/C17H19ClN2O4/c1-4-24-16-13(18)7-11(8-14(16)23-3)10-19-17(22)12-5-6-20(2)15(21)9-12/h5-9H,4,10H2,1-3H3,(H,19,22). The molecule has 0 radical (unpaired) electrons. The molecule has 0 aliphatic carbocycles. The van der Waals surface area contributed by atoms with Gasteiger partial charge in [-0.3, -0.25) is 9.59 Å². The van der Waals surface area contributed by atoms with E-state index in [9.17, 15) is 9.59 Å². The second kappa shape index (κ2) is 7.88. The van der Waals surface area contributed by atoms with Gasteiger partial charge in [0.2, 0.25) is 0 Å². The van der Waals surface area contributed by atoms with Crippen LogP contribution in [0, 0.1) is 0 Å². The van der Waals surface area contributed by atoms with Crippen LogP contribution in [0.4, 0.5) is 0 Å². The minimum atomic E-state index is -0.336. The lowest BCUT2D eigenvalue weighted by molar-refractivity contribution is 0.0950. The largest absolute Gasteiger partial charge is 0.493 e. The molecule has 2 rings (SSSR count). The van der Waals surface area contributed by atoms with E-state index in [0.29, 0.717) is 28.7 Å². The van der Waals surface area contributed by atoms with E-state index in [2.05, 4.69) is 5.32 Å². The monoisotopic (exact) mass is 350 g/mol. The minimum Gasteiger partial charge on any atom is -0.493 e. The van der Waals surface area contributed by atoms with Crippen molar-refractivity contribution < 1.29 is 14.3 Å². The molecule has 0 saturated carbocycles. The number of rotatable bonds is 6. The van der Waals surface area contributed by atoms with Crippen LogP contribution in [0.5, 0.6) is 11.5 Å². The fraction of sp³-hybridized carbons (Fsp3) is 0.294. The highest BCUT2D eigenvalue weighted by Gasteiger charge is 2.13. The van der Waals surface area contributed by atoms with Crippen LogP contribution in [0.1, 0.15) is 22.8 Å². The van der Waals surface area contributed by atoms with Crippen molar-refractivity contribution in [3.05, 3.63) is 57.0 Å². The smallest absolute Gasteiger partial charge is 0.251 e. The highest BCUT2D eigenvalue weighted by atomic mass is 35.5. The molecule has 0 unspecified atom stereocenters. The maximum absolute atomic E-state index is 12.1. The van der Waals surface area contributed by atoms with Gasteiger partial charge in [0.15, 0.2) is 11.5 Å². The van der Waals surface area contributed by atoms with Crippen LogP contribution < -0.4 is 20.3 Å². The van der Waals surface area contributed by atoms with Crippen LogP contribution in [0.25, 0.3) is 0 Å². The summed E-state index contributed by atoms with van der Waals surface area (Å²) in [5.74, 6) is 0.641. The van der Waals surface area contributed by atoms with E-state index < -0.39 is 0 Å². The lowest BCUT2D eigenvalue weighted by Gasteiger charge is -2.13. The Morgan fingerprint density at radius 3 is 2.71 bits per heavy atom. The van der Waals surface area contributed by atoms with Crippen molar-refractivity contribution in [3.63, 3.8) is 0 Å². The summed E-state index contributed by atoms with van der Waals surface area (Å²) in [4.78, 5) is 23.7. The first-order valence-electron chi connectivity index (χ1n) is 7.40. The first-order valence-corrected chi connectivity index (χ1v) is 7.78. The summed E-state index contributed by atoms with van der Waals surface area (Å²) >= 11 is 6.20. The van der Waals surface area contributed by atoms with Gasteiger partial charge in [-0.2, -0.15) is 0 Å². The fourth-order valence-corrected chi connectivity index (χ4v) is 2.42. The van der Waals surface area contributed by atoms with Crippen LogP contribution in [-0.4, -0.2) is 24.2 Å². The van der Waals surface area contributed by atoms with Crippen molar-refractivity contribution in [2.45, 2.75) is 13.5 Å². The molecule has 0 saturated heterocycles. The fourth-order valence-electron chi connectivity index (χ4n) is 2.13. The van der Waals surface area contributed by atoms with Crippen LogP contribution in [0.3, 0.4) is 0 Å². The number of benzene rings is 1. The summed E-state index contributed by atoms with van der Waals surface area (Å²) in [5.41, 5.74) is 0.827. The highest BCUT2D eigenvalue weighted by Crippen LogP contribution is 2.36. The Labute approximate surface area is 145 Å². The van der Waals surface area contributed by atoms with Gasteiger partial charge in [0.1, 0.15) is 0 Å². The molecule has 0 spiro atoms. The molecule has 0 fully saturated rings. The number of aromatic nitrogens is 1. The molecule has 1 aromatic carbocycles. The average molecular weight is 351 g/mol. The zero-order valence-electron chi connectivity index (χ0n) is 13.8. The van der Waals surface area contributed by atoms with Gasteiger partial charge in [0.25, 0.3) is 11.5 Å². The molecule has 7 heteroatoms. The molecule has 0 aliphatic heterocycles. The van der Waals surface area contributed by atoms with Gasteiger partial charge in [-0.05, 0) is 30.7 Å². The maximum Gasteiger partial charge on any atom is 0.251 e.